The van der Waals surface area contributed by atoms with Crippen molar-refractivity contribution in [1.82, 2.24) is 4.90 Å². The van der Waals surface area contributed by atoms with Gasteiger partial charge in [0.25, 0.3) is 0 Å². The summed E-state index contributed by atoms with van der Waals surface area (Å²) < 4.78 is 1.79. The van der Waals surface area contributed by atoms with Gasteiger partial charge < -0.3 is 10.1 Å². The minimum atomic E-state index is -0.273. The fraction of sp³-hybridized carbons (Fsp3) is 0.429. The Hall–Kier alpha value is -1.07. The summed E-state index contributed by atoms with van der Waals surface area (Å²) in [5.74, 6) is 0. The highest BCUT2D eigenvalue weighted by molar-refractivity contribution is 8.23. The number of hydroxylamine groups is 1. The Morgan fingerprint density at radius 2 is 1.95 bits per heavy atom. The highest BCUT2D eigenvalue weighted by Gasteiger charge is 2.48. The zero-order valence-corrected chi connectivity index (χ0v) is 13.2. The Morgan fingerprint density at radius 1 is 1.37 bits per heavy atom. The lowest BCUT2D eigenvalue weighted by atomic mass is 10.0. The molecule has 5 heteroatoms. The van der Waals surface area contributed by atoms with Crippen molar-refractivity contribution in [2.24, 2.45) is 0 Å². The van der Waals surface area contributed by atoms with Crippen molar-refractivity contribution in [1.29, 1.82) is 0 Å². The third-order valence-electron chi connectivity index (χ3n) is 3.54. The van der Waals surface area contributed by atoms with Gasteiger partial charge in [0.1, 0.15) is 9.86 Å². The summed E-state index contributed by atoms with van der Waals surface area (Å²) in [5, 5.41) is 12.1. The van der Waals surface area contributed by atoms with E-state index in [2.05, 4.69) is 0 Å². The zero-order valence-electron chi connectivity index (χ0n) is 11.6. The average Bonchev–Trinajstić information content (AvgIpc) is 2.56. The lowest BCUT2D eigenvalue weighted by Crippen LogP contribution is -2.47. The third kappa shape index (κ3) is 2.77. The van der Waals surface area contributed by atoms with Gasteiger partial charge in [-0.3, -0.25) is 0 Å². The van der Waals surface area contributed by atoms with E-state index in [-0.39, 0.29) is 10.9 Å². The molecule has 0 radical (unpaired) electrons. The van der Waals surface area contributed by atoms with Crippen LogP contribution in [0.2, 0.25) is 0 Å². The first kappa shape index (κ1) is 14.3. The second kappa shape index (κ2) is 5.13. The van der Waals surface area contributed by atoms with Gasteiger partial charge in [-0.15, -0.1) is 0 Å². The van der Waals surface area contributed by atoms with Crippen LogP contribution in [0.5, 0.6) is 0 Å². The highest BCUT2D eigenvalue weighted by atomic mass is 32.2. The van der Waals surface area contributed by atoms with Gasteiger partial charge in [0.2, 0.25) is 5.37 Å². The molecule has 19 heavy (non-hydrogen) atoms. The molecule has 1 heterocycles. The van der Waals surface area contributed by atoms with Crippen molar-refractivity contribution in [2.75, 3.05) is 7.05 Å². The molecule has 1 aromatic carbocycles. The van der Waals surface area contributed by atoms with E-state index in [9.17, 15) is 5.21 Å². The molecule has 1 saturated heterocycles. The van der Waals surface area contributed by atoms with E-state index >= 15 is 0 Å². The molecule has 1 aromatic rings. The minimum absolute atomic E-state index is 0.216. The van der Waals surface area contributed by atoms with Crippen molar-refractivity contribution < 1.29 is 4.74 Å². The van der Waals surface area contributed by atoms with Crippen molar-refractivity contribution in [3.63, 3.8) is 0 Å². The van der Waals surface area contributed by atoms with E-state index in [1.165, 1.54) is 17.3 Å². The van der Waals surface area contributed by atoms with E-state index in [1.54, 1.807) is 6.21 Å². The standard InChI is InChI=1S/C14H18N2OS2/c1-10-5-7-11(8-6-10)9-16(17)12-14(2,3)15(4)13(18)19-12/h5-9,12H,1-4H3/t12-/m0/s1. The summed E-state index contributed by atoms with van der Waals surface area (Å²) in [5.41, 5.74) is 1.83. The lowest BCUT2D eigenvalue weighted by Gasteiger charge is -2.30. The van der Waals surface area contributed by atoms with Gasteiger partial charge >= 0.3 is 0 Å². The Kier molecular flexibility index (Phi) is 3.87. The molecule has 1 fully saturated rings. The molecule has 0 spiro atoms. The first-order valence-electron chi connectivity index (χ1n) is 6.14. The molecule has 1 aliphatic rings. The molecular formula is C14H18N2OS2. The topological polar surface area (TPSA) is 29.3 Å². The van der Waals surface area contributed by atoms with Crippen LogP contribution in [0.3, 0.4) is 0 Å². The number of thioether (sulfide) groups is 1. The number of likely N-dealkylation sites (N-methyl/N-ethyl adjacent to an activating group) is 1. The van der Waals surface area contributed by atoms with Crippen LogP contribution in [0, 0.1) is 12.1 Å². The first-order valence-corrected chi connectivity index (χ1v) is 7.42. The Labute approximate surface area is 123 Å². The number of aryl methyl sites for hydroxylation is 1. The predicted molar refractivity (Wildman–Crippen MR) is 85.8 cm³/mol. The maximum Gasteiger partial charge on any atom is 0.238 e. The Morgan fingerprint density at radius 3 is 2.42 bits per heavy atom. The number of nitrogens with zero attached hydrogens (tertiary/aromatic N) is 2. The maximum atomic E-state index is 12.4. The molecule has 0 bridgehead atoms. The van der Waals surface area contributed by atoms with E-state index in [1.807, 2.05) is 57.0 Å². The van der Waals surface area contributed by atoms with Crippen molar-refractivity contribution >= 4 is 34.5 Å². The largest absolute Gasteiger partial charge is 0.623 e. The smallest absolute Gasteiger partial charge is 0.238 e. The first-order chi connectivity index (χ1) is 8.82. The normalized spacial score (nSPS) is 22.9. The van der Waals surface area contributed by atoms with E-state index in [0.717, 1.165) is 14.6 Å². The summed E-state index contributed by atoms with van der Waals surface area (Å²) in [6.45, 7) is 6.11. The molecule has 0 N–H and O–H groups in total. The van der Waals surface area contributed by atoms with Crippen LogP contribution in [0.1, 0.15) is 25.0 Å². The van der Waals surface area contributed by atoms with Crippen LogP contribution in [-0.2, 0) is 0 Å². The van der Waals surface area contributed by atoms with Crippen molar-refractivity contribution in [2.45, 2.75) is 31.7 Å². The van der Waals surface area contributed by atoms with Gasteiger partial charge in [-0.2, -0.15) is 4.74 Å². The van der Waals surface area contributed by atoms with E-state index < -0.39 is 0 Å². The number of hydrogen-bond donors (Lipinski definition) is 0. The number of benzene rings is 1. The summed E-state index contributed by atoms with van der Waals surface area (Å²) in [6, 6.07) is 7.91. The Balaban J connectivity index is 2.27. The maximum absolute atomic E-state index is 12.4. The van der Waals surface area contributed by atoms with Crippen molar-refractivity contribution in [3.8, 4) is 0 Å². The van der Waals surface area contributed by atoms with Crippen LogP contribution in [0.25, 0.3) is 0 Å². The molecule has 2 rings (SSSR count). The quantitative estimate of drug-likeness (QED) is 0.276. The molecule has 0 saturated carbocycles. The van der Waals surface area contributed by atoms with Gasteiger partial charge in [-0.1, -0.05) is 29.9 Å². The SMILES string of the molecule is Cc1ccc(C=[N+]([O-])[C@H]2SC(=S)N(C)C2(C)C)cc1. The van der Waals surface area contributed by atoms with Crippen LogP contribution < -0.4 is 0 Å². The highest BCUT2D eigenvalue weighted by Crippen LogP contribution is 2.38. The average molecular weight is 294 g/mol. The number of hydrogen-bond acceptors (Lipinski definition) is 3. The molecule has 0 unspecified atom stereocenters. The van der Waals surface area contributed by atoms with Gasteiger partial charge in [0.05, 0.1) is 0 Å². The second-order valence-corrected chi connectivity index (χ2v) is 7.06. The molecule has 1 atom stereocenters. The molecular weight excluding hydrogens is 276 g/mol. The lowest BCUT2D eigenvalue weighted by molar-refractivity contribution is -0.480. The molecule has 0 aliphatic carbocycles. The summed E-state index contributed by atoms with van der Waals surface area (Å²) in [7, 11) is 1.94. The zero-order chi connectivity index (χ0) is 14.2. The molecule has 102 valence electrons. The van der Waals surface area contributed by atoms with Gasteiger partial charge in [0, 0.05) is 12.6 Å². The fourth-order valence-corrected chi connectivity index (χ4v) is 3.65. The Bertz CT molecular complexity index is 523. The van der Waals surface area contributed by atoms with Gasteiger partial charge in [0.15, 0.2) is 6.21 Å². The van der Waals surface area contributed by atoms with Gasteiger partial charge in [-0.25, -0.2) is 0 Å². The van der Waals surface area contributed by atoms with E-state index in [0.29, 0.717) is 0 Å². The predicted octanol–water partition coefficient (Wildman–Crippen LogP) is 2.99. The van der Waals surface area contributed by atoms with Gasteiger partial charge in [-0.05, 0) is 44.7 Å². The molecule has 0 amide bonds. The molecule has 3 nitrogen and oxygen atoms in total. The number of rotatable bonds is 2. The monoisotopic (exact) mass is 294 g/mol. The molecule has 1 aliphatic heterocycles. The fourth-order valence-electron chi connectivity index (χ4n) is 1.95. The van der Waals surface area contributed by atoms with E-state index in [4.69, 9.17) is 12.2 Å². The number of thiocarbonyl (C=S) groups is 1. The van der Waals surface area contributed by atoms with Crippen molar-refractivity contribution in [3.05, 3.63) is 40.6 Å². The van der Waals surface area contributed by atoms with Crippen LogP contribution >= 0.6 is 24.0 Å². The second-order valence-electron chi connectivity index (χ2n) is 5.35. The summed E-state index contributed by atoms with van der Waals surface area (Å²) in [4.78, 5) is 1.99. The minimum Gasteiger partial charge on any atom is -0.623 e. The third-order valence-corrected chi connectivity index (χ3v) is 5.59. The van der Waals surface area contributed by atoms with Crippen LogP contribution in [0.4, 0.5) is 0 Å². The summed E-state index contributed by atoms with van der Waals surface area (Å²) in [6.07, 6.45) is 1.64. The molecule has 0 aromatic heterocycles. The summed E-state index contributed by atoms with van der Waals surface area (Å²) >= 11 is 6.73. The van der Waals surface area contributed by atoms with Crippen LogP contribution in [-0.4, -0.2) is 38.1 Å². The van der Waals surface area contributed by atoms with Crippen LogP contribution in [0.15, 0.2) is 24.3 Å².